The molecule has 154 valence electrons. The number of nitrogens with zero attached hydrogens (tertiary/aromatic N) is 2. The number of esters is 1. The van der Waals surface area contributed by atoms with Crippen LogP contribution in [0.3, 0.4) is 0 Å². The molecule has 1 saturated heterocycles. The summed E-state index contributed by atoms with van der Waals surface area (Å²) in [5.74, 6) is -0.963. The standard InChI is InChI=1S/C19H26ClN3O5/c1-12(16(24)22-15-6-5-14(20)11-21-15)27-17(25)13-7-9-23(10-8-13)18(26)28-19(2,3)4/h5-6,11-13H,7-10H2,1-4H3,(H,21,22,24)/t12-/m1/s1. The molecule has 0 unspecified atom stereocenters. The van der Waals surface area contributed by atoms with Gasteiger partial charge in [0.15, 0.2) is 6.10 Å². The van der Waals surface area contributed by atoms with Gasteiger partial charge in [0.05, 0.1) is 10.9 Å². The Labute approximate surface area is 169 Å². The number of nitrogens with one attached hydrogen (secondary N) is 1. The molecule has 2 amide bonds. The topological polar surface area (TPSA) is 97.8 Å². The third kappa shape index (κ3) is 6.67. The predicted octanol–water partition coefficient (Wildman–Crippen LogP) is 3.25. The zero-order valence-corrected chi connectivity index (χ0v) is 17.3. The van der Waals surface area contributed by atoms with Crippen LogP contribution in [0.5, 0.6) is 0 Å². The molecule has 1 aromatic heterocycles. The zero-order valence-electron chi connectivity index (χ0n) is 16.5. The highest BCUT2D eigenvalue weighted by molar-refractivity contribution is 6.30. The number of amides is 2. The van der Waals surface area contributed by atoms with Crippen LogP contribution < -0.4 is 5.32 Å². The molecular weight excluding hydrogens is 386 g/mol. The minimum atomic E-state index is -0.964. The normalized spacial score (nSPS) is 16.2. The average molecular weight is 412 g/mol. The van der Waals surface area contributed by atoms with Crippen LogP contribution >= 0.6 is 11.6 Å². The van der Waals surface area contributed by atoms with Gasteiger partial charge in [-0.3, -0.25) is 9.59 Å². The first-order chi connectivity index (χ1) is 13.0. The fraction of sp³-hybridized carbons (Fsp3) is 0.579. The molecular formula is C19H26ClN3O5. The van der Waals surface area contributed by atoms with E-state index in [1.165, 1.54) is 13.1 Å². The summed E-state index contributed by atoms with van der Waals surface area (Å²) in [6.07, 6.45) is 0.985. The summed E-state index contributed by atoms with van der Waals surface area (Å²) in [4.78, 5) is 42.1. The average Bonchev–Trinajstić information content (AvgIpc) is 2.62. The van der Waals surface area contributed by atoms with Crippen LogP contribution in [-0.2, 0) is 19.1 Å². The first-order valence-electron chi connectivity index (χ1n) is 9.16. The van der Waals surface area contributed by atoms with E-state index >= 15 is 0 Å². The SMILES string of the molecule is C[C@@H](OC(=O)C1CCN(C(=O)OC(C)(C)C)CC1)C(=O)Nc1ccc(Cl)cn1. The van der Waals surface area contributed by atoms with E-state index in [2.05, 4.69) is 10.3 Å². The highest BCUT2D eigenvalue weighted by atomic mass is 35.5. The molecule has 0 radical (unpaired) electrons. The lowest BCUT2D eigenvalue weighted by atomic mass is 9.97. The maximum absolute atomic E-state index is 12.3. The first-order valence-corrected chi connectivity index (χ1v) is 9.54. The smallest absolute Gasteiger partial charge is 0.410 e. The summed E-state index contributed by atoms with van der Waals surface area (Å²) in [6, 6.07) is 3.15. The van der Waals surface area contributed by atoms with Gasteiger partial charge in [-0.2, -0.15) is 0 Å². The van der Waals surface area contributed by atoms with Gasteiger partial charge in [0, 0.05) is 19.3 Å². The van der Waals surface area contributed by atoms with Gasteiger partial charge >= 0.3 is 12.1 Å². The van der Waals surface area contributed by atoms with Crippen LogP contribution in [0.1, 0.15) is 40.5 Å². The van der Waals surface area contributed by atoms with Crippen LogP contribution in [0.2, 0.25) is 5.02 Å². The summed E-state index contributed by atoms with van der Waals surface area (Å²) in [6.45, 7) is 7.73. The van der Waals surface area contributed by atoms with Crippen LogP contribution in [-0.4, -0.2) is 52.6 Å². The molecule has 2 rings (SSSR count). The van der Waals surface area contributed by atoms with Crippen molar-refractivity contribution < 1.29 is 23.9 Å². The third-order valence-electron chi connectivity index (χ3n) is 4.12. The molecule has 1 N–H and O–H groups in total. The molecule has 0 bridgehead atoms. The maximum atomic E-state index is 12.3. The lowest BCUT2D eigenvalue weighted by molar-refractivity contribution is -0.158. The van der Waals surface area contributed by atoms with Crippen molar-refractivity contribution in [3.8, 4) is 0 Å². The fourth-order valence-electron chi connectivity index (χ4n) is 2.63. The van der Waals surface area contributed by atoms with Gasteiger partial charge in [0.25, 0.3) is 5.91 Å². The fourth-order valence-corrected chi connectivity index (χ4v) is 2.74. The van der Waals surface area contributed by atoms with Crippen molar-refractivity contribution in [3.05, 3.63) is 23.4 Å². The molecule has 1 aliphatic rings. The van der Waals surface area contributed by atoms with E-state index in [0.29, 0.717) is 36.8 Å². The number of likely N-dealkylation sites (tertiary alicyclic amines) is 1. The quantitative estimate of drug-likeness (QED) is 0.763. The monoisotopic (exact) mass is 411 g/mol. The minimum Gasteiger partial charge on any atom is -0.452 e. The molecule has 0 spiro atoms. The molecule has 1 aliphatic heterocycles. The molecule has 9 heteroatoms. The Morgan fingerprint density at radius 2 is 1.89 bits per heavy atom. The highest BCUT2D eigenvalue weighted by Crippen LogP contribution is 2.21. The Balaban J connectivity index is 1.79. The number of piperidine rings is 1. The van der Waals surface area contributed by atoms with Gasteiger partial charge in [0.2, 0.25) is 0 Å². The van der Waals surface area contributed by atoms with E-state index in [9.17, 15) is 14.4 Å². The van der Waals surface area contributed by atoms with E-state index in [1.807, 2.05) is 0 Å². The number of hydrogen-bond donors (Lipinski definition) is 1. The van der Waals surface area contributed by atoms with E-state index in [4.69, 9.17) is 21.1 Å². The van der Waals surface area contributed by atoms with Crippen LogP contribution in [0.15, 0.2) is 18.3 Å². The number of anilines is 1. The zero-order chi connectivity index (χ0) is 20.9. The molecule has 1 atom stereocenters. The predicted molar refractivity (Wildman–Crippen MR) is 104 cm³/mol. The summed E-state index contributed by atoms with van der Waals surface area (Å²) in [5.41, 5.74) is -0.561. The number of aromatic nitrogens is 1. The molecule has 0 aliphatic carbocycles. The number of carbonyl (C=O) groups excluding carboxylic acids is 3. The molecule has 1 aromatic rings. The Kier molecular flexibility index (Phi) is 7.23. The number of ether oxygens (including phenoxy) is 2. The van der Waals surface area contributed by atoms with Crippen LogP contribution in [0, 0.1) is 5.92 Å². The summed E-state index contributed by atoms with van der Waals surface area (Å²) < 4.78 is 10.6. The van der Waals surface area contributed by atoms with Crippen molar-refractivity contribution in [1.82, 2.24) is 9.88 Å². The number of halogens is 1. The van der Waals surface area contributed by atoms with Crippen LogP contribution in [0.25, 0.3) is 0 Å². The first kappa shape index (κ1) is 21.9. The minimum absolute atomic E-state index is 0.322. The van der Waals surface area contributed by atoms with Gasteiger partial charge in [-0.15, -0.1) is 0 Å². The molecule has 0 aromatic carbocycles. The Morgan fingerprint density at radius 1 is 1.25 bits per heavy atom. The van der Waals surface area contributed by atoms with E-state index in [1.54, 1.807) is 37.8 Å². The number of pyridine rings is 1. The summed E-state index contributed by atoms with van der Waals surface area (Å²) >= 11 is 5.75. The third-order valence-corrected chi connectivity index (χ3v) is 4.34. The van der Waals surface area contributed by atoms with E-state index < -0.39 is 23.6 Å². The largest absolute Gasteiger partial charge is 0.452 e. The lowest BCUT2D eigenvalue weighted by Gasteiger charge is -2.32. The Hall–Kier alpha value is -2.35. The van der Waals surface area contributed by atoms with Crippen molar-refractivity contribution in [2.75, 3.05) is 18.4 Å². The molecule has 28 heavy (non-hydrogen) atoms. The Morgan fingerprint density at radius 3 is 2.43 bits per heavy atom. The second kappa shape index (κ2) is 9.23. The van der Waals surface area contributed by atoms with E-state index in [-0.39, 0.29) is 12.0 Å². The number of rotatable bonds is 4. The summed E-state index contributed by atoms with van der Waals surface area (Å²) in [5, 5.41) is 3.02. The maximum Gasteiger partial charge on any atom is 0.410 e. The molecule has 8 nitrogen and oxygen atoms in total. The Bertz CT molecular complexity index is 709. The number of hydrogen-bond acceptors (Lipinski definition) is 6. The molecule has 2 heterocycles. The van der Waals surface area contributed by atoms with E-state index in [0.717, 1.165) is 0 Å². The second-order valence-electron chi connectivity index (χ2n) is 7.67. The van der Waals surface area contributed by atoms with Gasteiger partial charge in [0.1, 0.15) is 11.4 Å². The summed E-state index contributed by atoms with van der Waals surface area (Å²) in [7, 11) is 0. The van der Waals surface area contributed by atoms with Gasteiger partial charge in [-0.1, -0.05) is 11.6 Å². The van der Waals surface area contributed by atoms with Crippen molar-refractivity contribution in [3.63, 3.8) is 0 Å². The van der Waals surface area contributed by atoms with Gasteiger partial charge < -0.3 is 19.7 Å². The number of carbonyl (C=O) groups is 3. The van der Waals surface area contributed by atoms with Crippen molar-refractivity contribution in [2.45, 2.75) is 52.2 Å². The molecule has 1 fully saturated rings. The second-order valence-corrected chi connectivity index (χ2v) is 8.11. The van der Waals surface area contributed by atoms with Gasteiger partial charge in [-0.05, 0) is 52.7 Å². The van der Waals surface area contributed by atoms with Crippen LogP contribution in [0.4, 0.5) is 10.6 Å². The van der Waals surface area contributed by atoms with Crippen molar-refractivity contribution in [2.24, 2.45) is 5.92 Å². The lowest BCUT2D eigenvalue weighted by Crippen LogP contribution is -2.43. The van der Waals surface area contributed by atoms with Crippen molar-refractivity contribution >= 4 is 35.4 Å². The highest BCUT2D eigenvalue weighted by Gasteiger charge is 2.32. The van der Waals surface area contributed by atoms with Crippen molar-refractivity contribution in [1.29, 1.82) is 0 Å². The van der Waals surface area contributed by atoms with Gasteiger partial charge in [-0.25, -0.2) is 9.78 Å². The molecule has 0 saturated carbocycles.